The molecule has 0 spiro atoms. The van der Waals surface area contributed by atoms with Crippen molar-refractivity contribution in [3.63, 3.8) is 0 Å². The van der Waals surface area contributed by atoms with Crippen molar-refractivity contribution >= 4 is 10.9 Å². The standard InChI is InChI=1S/C23H24FN3O/c1-26-22(18-4-2-3-5-20(18)24)25-21-7-6-15(13-19(21)23(26)28)12-17-14-27-10-8-16(17)9-11-27/h2-7,13,16-17H,8-12,14H2,1H3. The molecule has 28 heavy (non-hydrogen) atoms. The minimum atomic E-state index is -0.372. The van der Waals surface area contributed by atoms with Crippen LogP contribution in [0.15, 0.2) is 47.3 Å². The number of halogens is 1. The molecule has 5 heteroatoms. The van der Waals surface area contributed by atoms with Crippen molar-refractivity contribution in [3.8, 4) is 11.4 Å². The number of piperidine rings is 3. The lowest BCUT2D eigenvalue weighted by Crippen LogP contribution is -2.48. The summed E-state index contributed by atoms with van der Waals surface area (Å²) < 4.78 is 15.7. The Balaban J connectivity index is 1.52. The topological polar surface area (TPSA) is 38.1 Å². The van der Waals surface area contributed by atoms with E-state index in [9.17, 15) is 9.18 Å². The fraction of sp³-hybridized carbons (Fsp3) is 0.391. The van der Waals surface area contributed by atoms with Gasteiger partial charge < -0.3 is 4.90 Å². The molecule has 2 bridgehead atoms. The summed E-state index contributed by atoms with van der Waals surface area (Å²) in [6.07, 6.45) is 3.61. The van der Waals surface area contributed by atoms with Crippen LogP contribution in [0.25, 0.3) is 22.3 Å². The van der Waals surface area contributed by atoms with E-state index in [1.54, 1.807) is 25.2 Å². The summed E-state index contributed by atoms with van der Waals surface area (Å²) in [6, 6.07) is 12.4. The molecule has 6 rings (SSSR count). The lowest BCUT2D eigenvalue weighted by Gasteiger charge is -2.45. The summed E-state index contributed by atoms with van der Waals surface area (Å²) in [4.78, 5) is 20.2. The molecule has 0 saturated carbocycles. The molecule has 3 saturated heterocycles. The third-order valence-corrected chi connectivity index (χ3v) is 6.54. The molecule has 4 nitrogen and oxygen atoms in total. The molecule has 2 aromatic carbocycles. The van der Waals surface area contributed by atoms with Crippen molar-refractivity contribution in [1.82, 2.24) is 14.5 Å². The molecule has 0 aliphatic carbocycles. The summed E-state index contributed by atoms with van der Waals surface area (Å²) in [5.74, 6) is 1.48. The van der Waals surface area contributed by atoms with E-state index in [2.05, 4.69) is 16.0 Å². The summed E-state index contributed by atoms with van der Waals surface area (Å²) in [6.45, 7) is 3.65. The first kappa shape index (κ1) is 17.6. The molecular weight excluding hydrogens is 353 g/mol. The van der Waals surface area contributed by atoms with E-state index in [4.69, 9.17) is 0 Å². The van der Waals surface area contributed by atoms with E-state index < -0.39 is 0 Å². The smallest absolute Gasteiger partial charge is 0.261 e. The van der Waals surface area contributed by atoms with Gasteiger partial charge >= 0.3 is 0 Å². The predicted molar refractivity (Wildman–Crippen MR) is 109 cm³/mol. The van der Waals surface area contributed by atoms with Gasteiger partial charge in [-0.3, -0.25) is 9.36 Å². The van der Waals surface area contributed by atoms with Gasteiger partial charge in [0, 0.05) is 13.6 Å². The van der Waals surface area contributed by atoms with Gasteiger partial charge in [0.1, 0.15) is 11.6 Å². The number of hydrogen-bond donors (Lipinski definition) is 0. The van der Waals surface area contributed by atoms with Crippen LogP contribution in [-0.2, 0) is 13.5 Å². The first-order valence-corrected chi connectivity index (χ1v) is 10.1. The Morgan fingerprint density at radius 3 is 2.64 bits per heavy atom. The fourth-order valence-corrected chi connectivity index (χ4v) is 4.95. The molecule has 3 aliphatic heterocycles. The Kier molecular flexibility index (Phi) is 4.27. The minimum absolute atomic E-state index is 0.126. The van der Waals surface area contributed by atoms with E-state index in [0.717, 1.165) is 12.3 Å². The molecule has 1 unspecified atom stereocenters. The highest BCUT2D eigenvalue weighted by Crippen LogP contribution is 2.34. The van der Waals surface area contributed by atoms with E-state index in [1.807, 2.05) is 12.1 Å². The summed E-state index contributed by atoms with van der Waals surface area (Å²) in [5.41, 5.74) is 2.04. The highest BCUT2D eigenvalue weighted by Gasteiger charge is 2.33. The van der Waals surface area contributed by atoms with Gasteiger partial charge in [-0.1, -0.05) is 18.2 Å². The summed E-state index contributed by atoms with van der Waals surface area (Å²) in [7, 11) is 1.66. The van der Waals surface area contributed by atoms with E-state index in [-0.39, 0.29) is 11.4 Å². The monoisotopic (exact) mass is 377 g/mol. The van der Waals surface area contributed by atoms with Crippen LogP contribution in [0.5, 0.6) is 0 Å². The van der Waals surface area contributed by atoms with E-state index in [1.165, 1.54) is 48.7 Å². The summed E-state index contributed by atoms with van der Waals surface area (Å²) >= 11 is 0. The molecule has 3 aliphatic rings. The van der Waals surface area contributed by atoms with Gasteiger partial charge in [-0.05, 0) is 74.0 Å². The Labute approximate surface area is 163 Å². The first-order valence-electron chi connectivity index (χ1n) is 10.1. The normalized spacial score (nSPS) is 24.0. The number of benzene rings is 2. The average Bonchev–Trinajstić information content (AvgIpc) is 2.72. The van der Waals surface area contributed by atoms with E-state index >= 15 is 0 Å². The maximum atomic E-state index is 14.2. The third kappa shape index (κ3) is 2.94. The van der Waals surface area contributed by atoms with Gasteiger partial charge in [0.2, 0.25) is 0 Å². The zero-order valence-electron chi connectivity index (χ0n) is 16.1. The highest BCUT2D eigenvalue weighted by molar-refractivity contribution is 5.80. The van der Waals surface area contributed by atoms with Gasteiger partial charge in [0.25, 0.3) is 5.56 Å². The van der Waals surface area contributed by atoms with Crippen LogP contribution in [-0.4, -0.2) is 34.1 Å². The van der Waals surface area contributed by atoms with Gasteiger partial charge in [-0.2, -0.15) is 0 Å². The molecule has 3 aromatic rings. The second kappa shape index (κ2) is 6.82. The van der Waals surface area contributed by atoms with Crippen LogP contribution in [0.3, 0.4) is 0 Å². The zero-order chi connectivity index (χ0) is 19.3. The minimum Gasteiger partial charge on any atom is -0.303 e. The molecule has 0 N–H and O–H groups in total. The predicted octanol–water partition coefficient (Wildman–Crippen LogP) is 3.62. The number of fused-ring (bicyclic) bond motifs is 4. The van der Waals surface area contributed by atoms with Crippen molar-refractivity contribution < 1.29 is 4.39 Å². The largest absolute Gasteiger partial charge is 0.303 e. The molecule has 1 aromatic heterocycles. The van der Waals surface area contributed by atoms with E-state index in [0.29, 0.717) is 28.2 Å². The highest BCUT2D eigenvalue weighted by atomic mass is 19.1. The SMILES string of the molecule is Cn1c(-c2ccccc2F)nc2ccc(CC3CN4CCC3CC4)cc2c1=O. The van der Waals surface area contributed by atoms with Crippen LogP contribution in [0.2, 0.25) is 0 Å². The van der Waals surface area contributed by atoms with Crippen molar-refractivity contribution in [1.29, 1.82) is 0 Å². The maximum Gasteiger partial charge on any atom is 0.261 e. The Morgan fingerprint density at radius 1 is 1.14 bits per heavy atom. The Morgan fingerprint density at radius 2 is 1.93 bits per heavy atom. The van der Waals surface area contributed by atoms with Crippen LogP contribution < -0.4 is 5.56 Å². The Hall–Kier alpha value is -2.53. The van der Waals surface area contributed by atoms with Crippen LogP contribution in [0.4, 0.5) is 4.39 Å². The van der Waals surface area contributed by atoms with Crippen molar-refractivity contribution in [2.24, 2.45) is 18.9 Å². The van der Waals surface area contributed by atoms with Gasteiger partial charge in [0.15, 0.2) is 0 Å². The van der Waals surface area contributed by atoms with Gasteiger partial charge in [-0.15, -0.1) is 0 Å². The number of aromatic nitrogens is 2. The number of rotatable bonds is 3. The molecule has 1 atom stereocenters. The van der Waals surface area contributed by atoms with Crippen LogP contribution in [0, 0.1) is 17.7 Å². The zero-order valence-corrected chi connectivity index (χ0v) is 16.1. The second-order valence-electron chi connectivity index (χ2n) is 8.23. The molecule has 144 valence electrons. The molecular formula is C23H24FN3O. The quantitative estimate of drug-likeness (QED) is 0.700. The summed E-state index contributed by atoms with van der Waals surface area (Å²) in [5, 5.41) is 0.612. The molecule has 3 fully saturated rings. The molecule has 0 radical (unpaired) electrons. The fourth-order valence-electron chi connectivity index (χ4n) is 4.95. The lowest BCUT2D eigenvalue weighted by atomic mass is 9.76. The van der Waals surface area contributed by atoms with Crippen molar-refractivity contribution in [3.05, 3.63) is 64.2 Å². The van der Waals surface area contributed by atoms with Crippen LogP contribution >= 0.6 is 0 Å². The van der Waals surface area contributed by atoms with Crippen LogP contribution in [0.1, 0.15) is 18.4 Å². The average molecular weight is 377 g/mol. The third-order valence-electron chi connectivity index (χ3n) is 6.54. The Bertz CT molecular complexity index is 1100. The second-order valence-corrected chi connectivity index (χ2v) is 8.23. The first-order chi connectivity index (χ1) is 13.6. The molecule has 0 amide bonds. The lowest BCUT2D eigenvalue weighted by molar-refractivity contribution is 0.0513. The number of nitrogens with zero attached hydrogens (tertiary/aromatic N) is 3. The molecule has 4 heterocycles. The van der Waals surface area contributed by atoms with Crippen molar-refractivity contribution in [2.45, 2.75) is 19.3 Å². The van der Waals surface area contributed by atoms with Gasteiger partial charge in [0.05, 0.1) is 16.5 Å². The van der Waals surface area contributed by atoms with Gasteiger partial charge in [-0.25, -0.2) is 9.37 Å². The number of hydrogen-bond acceptors (Lipinski definition) is 3. The maximum absolute atomic E-state index is 14.2. The van der Waals surface area contributed by atoms with Crippen molar-refractivity contribution in [2.75, 3.05) is 19.6 Å².